The molecule has 0 N–H and O–H groups in total. The van der Waals surface area contributed by atoms with Crippen LogP contribution in [0.15, 0.2) is 164 Å². The molecule has 0 saturated heterocycles. The van der Waals surface area contributed by atoms with Crippen molar-refractivity contribution in [3.05, 3.63) is 181 Å². The van der Waals surface area contributed by atoms with Gasteiger partial charge in [0, 0.05) is 37.5 Å². The van der Waals surface area contributed by atoms with Crippen LogP contribution in [0.4, 0.5) is 0 Å². The van der Waals surface area contributed by atoms with Gasteiger partial charge in [0.05, 0.1) is 39.6 Å². The number of carbonyl (C=O) groups excluding carboxylic acids is 6. The van der Waals surface area contributed by atoms with E-state index < -0.39 is 24.0 Å². The van der Waals surface area contributed by atoms with E-state index in [1.54, 1.807) is 18.2 Å². The van der Waals surface area contributed by atoms with Crippen molar-refractivity contribution in [2.24, 2.45) is 0 Å². The van der Waals surface area contributed by atoms with Gasteiger partial charge in [0.15, 0.2) is 6.10 Å². The summed E-state index contributed by atoms with van der Waals surface area (Å²) in [4.78, 5) is 75.9. The van der Waals surface area contributed by atoms with Crippen molar-refractivity contribution in [2.45, 2.75) is 181 Å². The molecule has 99 heavy (non-hydrogen) atoms. The Labute approximate surface area is 587 Å². The lowest BCUT2D eigenvalue weighted by atomic mass is 10.0. The van der Waals surface area contributed by atoms with Crippen LogP contribution in [0.2, 0.25) is 0 Å². The van der Waals surface area contributed by atoms with Crippen molar-refractivity contribution in [3.8, 4) is 50.6 Å². The number of hydrogen-bond donors (Lipinski definition) is 0. The van der Waals surface area contributed by atoms with E-state index >= 15 is 0 Å². The van der Waals surface area contributed by atoms with E-state index in [0.717, 1.165) is 183 Å². The maximum absolute atomic E-state index is 13.1. The van der Waals surface area contributed by atoms with Gasteiger partial charge in [0.1, 0.15) is 30.5 Å². The molecule has 15 nitrogen and oxygen atoms in total. The fourth-order valence-electron chi connectivity index (χ4n) is 10.9. The van der Waals surface area contributed by atoms with Crippen LogP contribution < -0.4 is 14.2 Å². The Hall–Kier alpha value is -9.24. The van der Waals surface area contributed by atoms with Crippen molar-refractivity contribution in [1.82, 2.24) is 0 Å². The summed E-state index contributed by atoms with van der Waals surface area (Å²) in [5.74, 6) is 0.158. The van der Waals surface area contributed by atoms with Crippen LogP contribution in [0.25, 0.3) is 51.6 Å². The fraction of sp³-hybridized carbons (Fsp3) is 0.429. The molecule has 0 amide bonds. The molecule has 6 aromatic rings. The van der Waals surface area contributed by atoms with Gasteiger partial charge in [-0.2, -0.15) is 0 Å². The molecule has 0 heterocycles. The van der Waals surface area contributed by atoms with Crippen LogP contribution in [0, 0.1) is 0 Å². The summed E-state index contributed by atoms with van der Waals surface area (Å²) in [6, 6.07) is 47.8. The first kappa shape index (κ1) is 78.8. The van der Waals surface area contributed by atoms with E-state index in [-0.39, 0.29) is 50.4 Å². The highest BCUT2D eigenvalue weighted by atomic mass is 16.6. The van der Waals surface area contributed by atoms with E-state index in [1.807, 2.05) is 166 Å². The second-order valence-electron chi connectivity index (χ2n) is 24.4. The molecule has 530 valence electrons. The maximum Gasteiger partial charge on any atom is 0.330 e. The fourth-order valence-corrected chi connectivity index (χ4v) is 10.9. The van der Waals surface area contributed by atoms with Gasteiger partial charge < -0.3 is 42.6 Å². The number of hydrogen-bond acceptors (Lipinski definition) is 15. The molecular weight excluding hydrogens is 1250 g/mol. The Morgan fingerprint density at radius 1 is 0.283 bits per heavy atom. The Morgan fingerprint density at radius 2 is 0.515 bits per heavy atom. The lowest BCUT2D eigenvalue weighted by molar-refractivity contribution is -0.167. The van der Waals surface area contributed by atoms with Crippen LogP contribution in [-0.4, -0.2) is 94.8 Å². The minimum absolute atomic E-state index is 0.186. The van der Waals surface area contributed by atoms with Gasteiger partial charge in [0.2, 0.25) is 0 Å². The quantitative estimate of drug-likeness (QED) is 0.0152. The first-order chi connectivity index (χ1) is 48.5. The van der Waals surface area contributed by atoms with Crippen molar-refractivity contribution in [2.75, 3.05) is 52.9 Å². The molecule has 6 rings (SSSR count). The molecule has 0 aliphatic heterocycles. The van der Waals surface area contributed by atoms with E-state index in [0.29, 0.717) is 58.9 Å². The Morgan fingerprint density at radius 3 is 0.778 bits per heavy atom. The summed E-state index contributed by atoms with van der Waals surface area (Å²) in [5.41, 5.74) is 9.20. The van der Waals surface area contributed by atoms with Crippen LogP contribution in [-0.2, 0) is 57.2 Å². The van der Waals surface area contributed by atoms with E-state index in [4.69, 9.17) is 42.6 Å². The number of ether oxygens (including phenoxy) is 9. The van der Waals surface area contributed by atoms with Crippen molar-refractivity contribution in [1.29, 1.82) is 0 Å². The number of benzene rings is 6. The van der Waals surface area contributed by atoms with E-state index in [1.165, 1.54) is 18.2 Å². The highest BCUT2D eigenvalue weighted by Gasteiger charge is 2.20. The highest BCUT2D eigenvalue weighted by molar-refractivity contribution is 5.88. The SMILES string of the molecule is CCOc1ccc(-c2ccc(C=CC(=O)OCCCCCCCCCC(=O)OCC(COC(=O)CCCCCCCCCOC(=O)C=Cc3ccc(-c4ccc(OCC)cc4)cc3)OC(=O)CCCCCCCCCOC(=O)C=Cc3ccc(-c4ccc(OCC)cc4)cc3)cc2)cc1. The van der Waals surface area contributed by atoms with Gasteiger partial charge in [-0.15, -0.1) is 0 Å². The molecule has 0 radical (unpaired) electrons. The zero-order valence-electron chi connectivity index (χ0n) is 58.6. The molecule has 0 aromatic heterocycles. The molecule has 0 saturated carbocycles. The van der Waals surface area contributed by atoms with Crippen molar-refractivity contribution in [3.63, 3.8) is 0 Å². The Bertz CT molecular complexity index is 3200. The lowest BCUT2D eigenvalue weighted by Crippen LogP contribution is -2.30. The van der Waals surface area contributed by atoms with E-state index in [2.05, 4.69) is 0 Å². The first-order valence-corrected chi connectivity index (χ1v) is 36.0. The highest BCUT2D eigenvalue weighted by Crippen LogP contribution is 2.27. The van der Waals surface area contributed by atoms with Crippen LogP contribution in [0.1, 0.15) is 192 Å². The third-order valence-corrected chi connectivity index (χ3v) is 16.4. The average Bonchev–Trinajstić information content (AvgIpc) is 1.01. The van der Waals surface area contributed by atoms with E-state index in [9.17, 15) is 28.8 Å². The zero-order valence-corrected chi connectivity index (χ0v) is 58.6. The summed E-state index contributed by atoms with van der Waals surface area (Å²) in [5, 5.41) is 0. The summed E-state index contributed by atoms with van der Waals surface area (Å²) >= 11 is 0. The topological polar surface area (TPSA) is 185 Å². The van der Waals surface area contributed by atoms with Gasteiger partial charge in [-0.05, 0) is 164 Å². The number of esters is 6. The Balaban J connectivity index is 0.798. The number of unbranched alkanes of at least 4 members (excludes halogenated alkanes) is 18. The van der Waals surface area contributed by atoms with Crippen molar-refractivity contribution >= 4 is 54.0 Å². The predicted molar refractivity (Wildman–Crippen MR) is 392 cm³/mol. The lowest BCUT2D eigenvalue weighted by Gasteiger charge is -2.18. The van der Waals surface area contributed by atoms with Gasteiger partial charge in [-0.25, -0.2) is 14.4 Å². The minimum Gasteiger partial charge on any atom is -0.494 e. The Kier molecular flexibility index (Phi) is 38.6. The molecule has 0 aliphatic rings. The third-order valence-electron chi connectivity index (χ3n) is 16.4. The minimum atomic E-state index is -0.926. The van der Waals surface area contributed by atoms with Crippen LogP contribution in [0.5, 0.6) is 17.2 Å². The summed E-state index contributed by atoms with van der Waals surface area (Å²) in [7, 11) is 0. The summed E-state index contributed by atoms with van der Waals surface area (Å²) in [6.45, 7) is 8.39. The molecule has 15 heteroatoms. The third kappa shape index (κ3) is 34.2. The normalized spacial score (nSPS) is 11.5. The molecule has 0 bridgehead atoms. The second kappa shape index (κ2) is 48.5. The molecule has 0 atom stereocenters. The molecule has 0 spiro atoms. The maximum atomic E-state index is 13.1. The van der Waals surface area contributed by atoms with Gasteiger partial charge in [-0.3, -0.25) is 14.4 Å². The zero-order chi connectivity index (χ0) is 70.2. The molecule has 0 aliphatic carbocycles. The first-order valence-electron chi connectivity index (χ1n) is 36.0. The van der Waals surface area contributed by atoms with Gasteiger partial charge in [-0.1, -0.05) is 206 Å². The molecule has 0 fully saturated rings. The summed E-state index contributed by atoms with van der Waals surface area (Å²) in [6.07, 6.45) is 27.6. The molecular formula is C84H104O15. The largest absolute Gasteiger partial charge is 0.494 e. The smallest absolute Gasteiger partial charge is 0.330 e. The van der Waals surface area contributed by atoms with Crippen molar-refractivity contribution < 1.29 is 71.4 Å². The van der Waals surface area contributed by atoms with Crippen LogP contribution in [0.3, 0.4) is 0 Å². The second-order valence-corrected chi connectivity index (χ2v) is 24.4. The van der Waals surface area contributed by atoms with Gasteiger partial charge >= 0.3 is 35.8 Å². The number of carbonyl (C=O) groups is 6. The molecule has 0 unspecified atom stereocenters. The summed E-state index contributed by atoms with van der Waals surface area (Å²) < 4.78 is 49.8. The molecule has 6 aromatic carbocycles. The predicted octanol–water partition coefficient (Wildman–Crippen LogP) is 19.3. The monoisotopic (exact) mass is 1350 g/mol. The average molecular weight is 1350 g/mol. The van der Waals surface area contributed by atoms with Gasteiger partial charge in [0.25, 0.3) is 0 Å². The standard InChI is InChI=1S/C84H104O15/c1-4-91-75-52-46-72(47-53-75)69-40-31-66(32-41-69)37-58-81(87)94-61-25-19-13-7-10-16-22-28-79(85)97-64-78(99-84(90)30-24-18-12-9-15-21-27-63-96-83(89)60-39-68-35-44-71(45-36-68)74-50-56-77(57-51-74)93-6-3)65-98-80(86)29-23-17-11-8-14-20-26-62-95-82(88)59-38-67-33-42-70(43-34-67)73-48-54-76(55-49-73)92-5-2/h31-60,78H,4-30,61-65H2,1-3H3. The van der Waals surface area contributed by atoms with Crippen LogP contribution >= 0.6 is 0 Å². The number of rotatable bonds is 50.